The summed E-state index contributed by atoms with van der Waals surface area (Å²) in [6.45, 7) is 0.516. The molecule has 1 amide bonds. The van der Waals surface area contributed by atoms with Crippen molar-refractivity contribution in [2.45, 2.75) is 18.9 Å². The van der Waals surface area contributed by atoms with E-state index in [9.17, 15) is 4.79 Å². The zero-order valence-corrected chi connectivity index (χ0v) is 17.7. The summed E-state index contributed by atoms with van der Waals surface area (Å²) >= 11 is 5.98. The van der Waals surface area contributed by atoms with Gasteiger partial charge in [0.05, 0.1) is 34.1 Å². The first-order valence-corrected chi connectivity index (χ1v) is 9.82. The molecule has 1 aliphatic heterocycles. The predicted molar refractivity (Wildman–Crippen MR) is 114 cm³/mol. The third-order valence-electron chi connectivity index (χ3n) is 5.25. The molecule has 0 spiro atoms. The van der Waals surface area contributed by atoms with Crippen LogP contribution in [0, 0.1) is 0 Å². The second kappa shape index (κ2) is 8.28. The number of anilines is 1. The van der Waals surface area contributed by atoms with Gasteiger partial charge in [0.25, 0.3) is 0 Å². The molecule has 3 aromatic rings. The van der Waals surface area contributed by atoms with Crippen LogP contribution in [0.25, 0.3) is 0 Å². The summed E-state index contributed by atoms with van der Waals surface area (Å²) in [6.07, 6.45) is 2.08. The number of amides is 1. The standard InChI is InChI=1S/C22H22ClN3O4/c1-28-18-9-8-15(20(29-2)21(18)30-3)16-10-19(27)25-22-17(16)11-24-26(22)12-13-4-6-14(23)7-5-13/h4-9,11,16H,10,12H2,1-3H3,(H,25,27). The monoisotopic (exact) mass is 427 g/mol. The first-order valence-electron chi connectivity index (χ1n) is 9.44. The highest BCUT2D eigenvalue weighted by Gasteiger charge is 2.33. The Morgan fingerprint density at radius 2 is 1.77 bits per heavy atom. The van der Waals surface area contributed by atoms with Crippen molar-refractivity contribution in [1.82, 2.24) is 9.78 Å². The number of nitrogens with zero attached hydrogens (tertiary/aromatic N) is 2. The lowest BCUT2D eigenvalue weighted by Gasteiger charge is -2.26. The highest BCUT2D eigenvalue weighted by molar-refractivity contribution is 6.30. The SMILES string of the molecule is COc1ccc(C2CC(=O)Nc3c2cnn3Cc2ccc(Cl)cc2)c(OC)c1OC. The fourth-order valence-electron chi connectivity index (χ4n) is 3.83. The molecule has 4 rings (SSSR count). The second-order valence-corrected chi connectivity index (χ2v) is 7.40. The molecule has 1 unspecified atom stereocenters. The van der Waals surface area contributed by atoms with Crippen molar-refractivity contribution in [3.05, 3.63) is 64.3 Å². The molecule has 0 aliphatic carbocycles. The molecular weight excluding hydrogens is 406 g/mol. The van der Waals surface area contributed by atoms with Gasteiger partial charge in [-0.25, -0.2) is 4.68 Å². The average molecular weight is 428 g/mol. The van der Waals surface area contributed by atoms with E-state index in [-0.39, 0.29) is 18.2 Å². The number of nitrogens with one attached hydrogen (secondary N) is 1. The number of hydrogen-bond acceptors (Lipinski definition) is 5. The molecule has 1 atom stereocenters. The Hall–Kier alpha value is -3.19. The van der Waals surface area contributed by atoms with Crippen LogP contribution in [0.2, 0.25) is 5.02 Å². The maximum absolute atomic E-state index is 12.6. The van der Waals surface area contributed by atoms with Crippen LogP contribution in [0.5, 0.6) is 17.2 Å². The zero-order valence-electron chi connectivity index (χ0n) is 16.9. The summed E-state index contributed by atoms with van der Waals surface area (Å²) in [5, 5.41) is 8.17. The fourth-order valence-corrected chi connectivity index (χ4v) is 3.95. The smallest absolute Gasteiger partial charge is 0.226 e. The minimum Gasteiger partial charge on any atom is -0.493 e. The maximum atomic E-state index is 12.6. The Morgan fingerprint density at radius 1 is 1.03 bits per heavy atom. The molecule has 0 radical (unpaired) electrons. The summed E-state index contributed by atoms with van der Waals surface area (Å²) in [5.74, 6) is 2.00. The minimum absolute atomic E-state index is 0.0813. The van der Waals surface area contributed by atoms with Crippen LogP contribution in [-0.4, -0.2) is 37.0 Å². The summed E-state index contributed by atoms with van der Waals surface area (Å²) in [6, 6.07) is 11.3. The van der Waals surface area contributed by atoms with Crippen LogP contribution < -0.4 is 19.5 Å². The number of benzene rings is 2. The first-order chi connectivity index (χ1) is 14.5. The Balaban J connectivity index is 1.76. The van der Waals surface area contributed by atoms with Gasteiger partial charge in [-0.1, -0.05) is 29.8 Å². The topological polar surface area (TPSA) is 74.6 Å². The quantitative estimate of drug-likeness (QED) is 0.641. The molecule has 1 aliphatic rings. The molecule has 7 nitrogen and oxygen atoms in total. The fraction of sp³-hybridized carbons (Fsp3) is 0.273. The van der Waals surface area contributed by atoms with E-state index >= 15 is 0 Å². The molecule has 8 heteroatoms. The van der Waals surface area contributed by atoms with E-state index in [4.69, 9.17) is 25.8 Å². The molecule has 0 bridgehead atoms. The first kappa shape index (κ1) is 20.1. The van der Waals surface area contributed by atoms with E-state index in [1.807, 2.05) is 36.4 Å². The van der Waals surface area contributed by atoms with Gasteiger partial charge in [-0.3, -0.25) is 4.79 Å². The van der Waals surface area contributed by atoms with E-state index in [1.165, 1.54) is 0 Å². The molecule has 0 saturated heterocycles. The summed E-state index contributed by atoms with van der Waals surface area (Å²) < 4.78 is 18.3. The number of halogens is 1. The third-order valence-corrected chi connectivity index (χ3v) is 5.50. The number of carbonyl (C=O) groups excluding carboxylic acids is 1. The van der Waals surface area contributed by atoms with E-state index in [0.717, 1.165) is 16.7 Å². The summed E-state index contributed by atoms with van der Waals surface area (Å²) in [5.41, 5.74) is 2.80. The van der Waals surface area contributed by atoms with Crippen LogP contribution in [0.15, 0.2) is 42.6 Å². The molecule has 2 aromatic carbocycles. The van der Waals surface area contributed by atoms with Crippen LogP contribution in [0.4, 0.5) is 5.82 Å². The Morgan fingerprint density at radius 3 is 2.43 bits per heavy atom. The number of methoxy groups -OCH3 is 3. The van der Waals surface area contributed by atoms with Gasteiger partial charge in [-0.15, -0.1) is 0 Å². The molecule has 0 saturated carbocycles. The molecular formula is C22H22ClN3O4. The van der Waals surface area contributed by atoms with Crippen molar-refractivity contribution < 1.29 is 19.0 Å². The number of carbonyl (C=O) groups is 1. The van der Waals surface area contributed by atoms with Crippen LogP contribution in [0.1, 0.15) is 29.0 Å². The van der Waals surface area contributed by atoms with E-state index < -0.39 is 0 Å². The van der Waals surface area contributed by atoms with E-state index in [2.05, 4.69) is 10.4 Å². The Kier molecular flexibility index (Phi) is 5.55. The third kappa shape index (κ3) is 3.57. The summed E-state index contributed by atoms with van der Waals surface area (Å²) in [7, 11) is 4.71. The van der Waals surface area contributed by atoms with Crippen LogP contribution >= 0.6 is 11.6 Å². The lowest BCUT2D eigenvalue weighted by atomic mass is 9.86. The molecule has 0 fully saturated rings. The average Bonchev–Trinajstić information content (AvgIpc) is 3.15. The number of ether oxygens (including phenoxy) is 3. The predicted octanol–water partition coefficient (Wildman–Crippen LogP) is 4.08. The highest BCUT2D eigenvalue weighted by Crippen LogP contribution is 2.47. The largest absolute Gasteiger partial charge is 0.493 e. The minimum atomic E-state index is -0.220. The number of aromatic nitrogens is 2. The van der Waals surface area contributed by atoms with Gasteiger partial charge in [0.1, 0.15) is 5.82 Å². The van der Waals surface area contributed by atoms with Crippen molar-refractivity contribution in [2.75, 3.05) is 26.6 Å². The van der Waals surface area contributed by atoms with Crippen molar-refractivity contribution in [3.8, 4) is 17.2 Å². The molecule has 1 N–H and O–H groups in total. The van der Waals surface area contributed by atoms with E-state index in [0.29, 0.717) is 34.6 Å². The van der Waals surface area contributed by atoms with Gasteiger partial charge in [-0.2, -0.15) is 5.10 Å². The van der Waals surface area contributed by atoms with Gasteiger partial charge >= 0.3 is 0 Å². The van der Waals surface area contributed by atoms with Crippen molar-refractivity contribution in [3.63, 3.8) is 0 Å². The van der Waals surface area contributed by atoms with Gasteiger partial charge in [0.2, 0.25) is 11.7 Å². The van der Waals surface area contributed by atoms with Gasteiger partial charge in [0.15, 0.2) is 11.5 Å². The molecule has 30 heavy (non-hydrogen) atoms. The number of rotatable bonds is 6. The van der Waals surface area contributed by atoms with Gasteiger partial charge in [-0.05, 0) is 23.8 Å². The number of fused-ring (bicyclic) bond motifs is 1. The van der Waals surface area contributed by atoms with Crippen molar-refractivity contribution in [1.29, 1.82) is 0 Å². The highest BCUT2D eigenvalue weighted by atomic mass is 35.5. The normalized spacial score (nSPS) is 15.3. The molecule has 1 aromatic heterocycles. The molecule has 2 heterocycles. The van der Waals surface area contributed by atoms with E-state index in [1.54, 1.807) is 32.2 Å². The maximum Gasteiger partial charge on any atom is 0.226 e. The van der Waals surface area contributed by atoms with Gasteiger partial charge < -0.3 is 19.5 Å². The Bertz CT molecular complexity index is 1080. The molecule has 156 valence electrons. The zero-order chi connectivity index (χ0) is 21.3. The lowest BCUT2D eigenvalue weighted by Crippen LogP contribution is -2.25. The Labute approximate surface area is 179 Å². The number of hydrogen-bond donors (Lipinski definition) is 1. The van der Waals surface area contributed by atoms with Crippen LogP contribution in [-0.2, 0) is 11.3 Å². The van der Waals surface area contributed by atoms with Crippen molar-refractivity contribution in [2.24, 2.45) is 0 Å². The van der Waals surface area contributed by atoms with Gasteiger partial charge in [0, 0.05) is 28.5 Å². The van der Waals surface area contributed by atoms with Crippen molar-refractivity contribution >= 4 is 23.3 Å². The lowest BCUT2D eigenvalue weighted by molar-refractivity contribution is -0.116. The summed E-state index contributed by atoms with van der Waals surface area (Å²) in [4.78, 5) is 12.6. The van der Waals surface area contributed by atoms with Crippen LogP contribution in [0.3, 0.4) is 0 Å². The second-order valence-electron chi connectivity index (χ2n) is 6.96.